The van der Waals surface area contributed by atoms with Gasteiger partial charge in [-0.3, -0.25) is 19.7 Å². The predicted octanol–water partition coefficient (Wildman–Crippen LogP) is 3.17. The van der Waals surface area contributed by atoms with Gasteiger partial charge in [0.25, 0.3) is 10.0 Å². The number of fused-ring (bicyclic) bond motifs is 1. The number of amides is 1. The Kier molecular flexibility index (Phi) is 5.91. The molecule has 0 aliphatic rings. The fraction of sp³-hybridized carbons (Fsp3) is 0.200. The molecule has 1 amide bonds. The fourth-order valence-corrected chi connectivity index (χ4v) is 3.88. The van der Waals surface area contributed by atoms with Crippen molar-refractivity contribution in [1.29, 1.82) is 0 Å². The zero-order chi connectivity index (χ0) is 20.1. The number of para-hydroxylation sites is 1. The molecule has 3 rings (SSSR count). The summed E-state index contributed by atoms with van der Waals surface area (Å²) in [5.41, 5.74) is 4.25. The molecule has 1 aromatic heterocycles. The number of benzene rings is 2. The van der Waals surface area contributed by atoms with Crippen molar-refractivity contribution in [3.05, 3.63) is 65.9 Å². The highest BCUT2D eigenvalue weighted by Gasteiger charge is 2.16. The van der Waals surface area contributed by atoms with Crippen molar-refractivity contribution in [1.82, 2.24) is 10.5 Å². The van der Waals surface area contributed by atoms with Crippen LogP contribution in [-0.4, -0.2) is 24.5 Å². The summed E-state index contributed by atoms with van der Waals surface area (Å²) < 4.78 is 28.0. The molecule has 0 saturated carbocycles. The molecule has 3 N–H and O–H groups in total. The zero-order valence-corrected chi connectivity index (χ0v) is 16.2. The number of pyridine rings is 1. The van der Waals surface area contributed by atoms with Gasteiger partial charge in [0.15, 0.2) is 0 Å². The highest BCUT2D eigenvalue weighted by molar-refractivity contribution is 7.92. The van der Waals surface area contributed by atoms with Crippen molar-refractivity contribution in [3.63, 3.8) is 0 Å². The maximum atomic E-state index is 12.7. The number of nitrogens with one attached hydrogen (secondary N) is 2. The lowest BCUT2D eigenvalue weighted by atomic mass is 10.1. The van der Waals surface area contributed by atoms with Crippen LogP contribution < -0.4 is 10.2 Å². The number of aryl methyl sites for hydroxylation is 2. The first kappa shape index (κ1) is 19.8. The monoisotopic (exact) mass is 399 g/mol. The van der Waals surface area contributed by atoms with Crippen molar-refractivity contribution >= 4 is 32.5 Å². The van der Waals surface area contributed by atoms with Gasteiger partial charge in [0.05, 0.1) is 16.1 Å². The van der Waals surface area contributed by atoms with Gasteiger partial charge in [-0.2, -0.15) is 0 Å². The average molecular weight is 399 g/mol. The third kappa shape index (κ3) is 4.65. The molecule has 146 valence electrons. The van der Waals surface area contributed by atoms with Crippen LogP contribution in [0.25, 0.3) is 10.9 Å². The number of anilines is 1. The summed E-state index contributed by atoms with van der Waals surface area (Å²) in [6, 6.07) is 15.6. The first-order chi connectivity index (χ1) is 13.4. The SMILES string of the molecule is Cc1ccc(S(=O)(=O)Nc2cccc3ccc(CCCC(=O)NO)nc23)cc1. The van der Waals surface area contributed by atoms with E-state index in [2.05, 4.69) is 9.71 Å². The van der Waals surface area contributed by atoms with E-state index in [0.29, 0.717) is 24.0 Å². The molecule has 0 bridgehead atoms. The first-order valence-electron chi connectivity index (χ1n) is 8.80. The molecule has 0 radical (unpaired) electrons. The maximum absolute atomic E-state index is 12.7. The topological polar surface area (TPSA) is 108 Å². The molecule has 2 aromatic carbocycles. The van der Waals surface area contributed by atoms with E-state index in [4.69, 9.17) is 5.21 Å². The lowest BCUT2D eigenvalue weighted by Crippen LogP contribution is -2.18. The minimum absolute atomic E-state index is 0.178. The van der Waals surface area contributed by atoms with E-state index in [1.807, 2.05) is 25.1 Å². The molecule has 0 spiro atoms. The number of carbonyl (C=O) groups is 1. The number of hydrogen-bond donors (Lipinski definition) is 3. The molecule has 28 heavy (non-hydrogen) atoms. The summed E-state index contributed by atoms with van der Waals surface area (Å²) in [5.74, 6) is -0.452. The van der Waals surface area contributed by atoms with E-state index in [9.17, 15) is 13.2 Å². The maximum Gasteiger partial charge on any atom is 0.261 e. The van der Waals surface area contributed by atoms with Crippen LogP contribution in [0.3, 0.4) is 0 Å². The number of sulfonamides is 1. The summed E-state index contributed by atoms with van der Waals surface area (Å²) >= 11 is 0. The summed E-state index contributed by atoms with van der Waals surface area (Å²) in [7, 11) is -3.74. The lowest BCUT2D eigenvalue weighted by molar-refractivity contribution is -0.129. The van der Waals surface area contributed by atoms with Crippen molar-refractivity contribution in [2.24, 2.45) is 0 Å². The summed E-state index contributed by atoms with van der Waals surface area (Å²) in [4.78, 5) is 15.9. The standard InChI is InChI=1S/C20H21N3O4S/c1-14-8-12-17(13-9-14)28(26,27)23-18-6-2-4-15-10-11-16(21-20(15)18)5-3-7-19(24)22-25/h2,4,6,8-13,23,25H,3,5,7H2,1H3,(H,22,24). The van der Waals surface area contributed by atoms with E-state index in [-0.39, 0.29) is 11.3 Å². The molecule has 3 aromatic rings. The Bertz CT molecular complexity index is 1100. The minimum atomic E-state index is -3.74. The predicted molar refractivity (Wildman–Crippen MR) is 107 cm³/mol. The van der Waals surface area contributed by atoms with Crippen LogP contribution >= 0.6 is 0 Å². The van der Waals surface area contributed by atoms with Gasteiger partial charge >= 0.3 is 0 Å². The van der Waals surface area contributed by atoms with Gasteiger partial charge in [-0.1, -0.05) is 35.9 Å². The van der Waals surface area contributed by atoms with Crippen LogP contribution in [0, 0.1) is 6.92 Å². The normalized spacial score (nSPS) is 11.4. The van der Waals surface area contributed by atoms with E-state index < -0.39 is 15.9 Å². The van der Waals surface area contributed by atoms with Crippen molar-refractivity contribution in [2.45, 2.75) is 31.1 Å². The Balaban J connectivity index is 1.87. The molecule has 0 aliphatic carbocycles. The quantitative estimate of drug-likeness (QED) is 0.418. The molecule has 1 heterocycles. The second kappa shape index (κ2) is 8.37. The second-order valence-electron chi connectivity index (χ2n) is 6.49. The van der Waals surface area contributed by atoms with E-state index >= 15 is 0 Å². The fourth-order valence-electron chi connectivity index (χ4n) is 2.82. The Hall–Kier alpha value is -2.97. The Morgan fingerprint density at radius 1 is 1.07 bits per heavy atom. The average Bonchev–Trinajstić information content (AvgIpc) is 2.68. The van der Waals surface area contributed by atoms with Gasteiger partial charge in [0.1, 0.15) is 0 Å². The molecular weight excluding hydrogens is 378 g/mol. The summed E-state index contributed by atoms with van der Waals surface area (Å²) in [6.07, 6.45) is 1.22. The molecular formula is C20H21N3O4S. The van der Waals surface area contributed by atoms with Crippen LogP contribution in [-0.2, 0) is 21.2 Å². The van der Waals surface area contributed by atoms with Gasteiger partial charge < -0.3 is 0 Å². The van der Waals surface area contributed by atoms with Crippen LogP contribution in [0.15, 0.2) is 59.5 Å². The van der Waals surface area contributed by atoms with Crippen LogP contribution in [0.4, 0.5) is 5.69 Å². The summed E-state index contributed by atoms with van der Waals surface area (Å²) in [6.45, 7) is 1.89. The van der Waals surface area contributed by atoms with E-state index in [0.717, 1.165) is 16.6 Å². The van der Waals surface area contributed by atoms with Gasteiger partial charge in [-0.05, 0) is 44.0 Å². The van der Waals surface area contributed by atoms with Gasteiger partial charge in [-0.15, -0.1) is 0 Å². The Labute approximate surface area is 163 Å². The third-order valence-corrected chi connectivity index (χ3v) is 5.70. The van der Waals surface area contributed by atoms with Gasteiger partial charge in [0, 0.05) is 17.5 Å². The number of carbonyl (C=O) groups excluding carboxylic acids is 1. The number of rotatable bonds is 7. The summed E-state index contributed by atoms with van der Waals surface area (Å²) in [5, 5.41) is 9.35. The van der Waals surface area contributed by atoms with Crippen molar-refractivity contribution in [2.75, 3.05) is 4.72 Å². The van der Waals surface area contributed by atoms with Gasteiger partial charge in [-0.25, -0.2) is 13.9 Å². The molecule has 0 fully saturated rings. The second-order valence-corrected chi connectivity index (χ2v) is 8.17. The molecule has 0 atom stereocenters. The first-order valence-corrected chi connectivity index (χ1v) is 10.3. The zero-order valence-electron chi connectivity index (χ0n) is 15.3. The van der Waals surface area contributed by atoms with Crippen molar-refractivity contribution in [3.8, 4) is 0 Å². The van der Waals surface area contributed by atoms with Crippen molar-refractivity contribution < 1.29 is 18.4 Å². The Morgan fingerprint density at radius 3 is 2.54 bits per heavy atom. The highest BCUT2D eigenvalue weighted by Crippen LogP contribution is 2.25. The molecule has 0 saturated heterocycles. The van der Waals surface area contributed by atoms with E-state index in [1.54, 1.807) is 41.9 Å². The van der Waals surface area contributed by atoms with Gasteiger partial charge in [0.2, 0.25) is 5.91 Å². The Morgan fingerprint density at radius 2 is 1.82 bits per heavy atom. The smallest absolute Gasteiger partial charge is 0.261 e. The third-order valence-electron chi connectivity index (χ3n) is 4.31. The molecule has 0 aliphatic heterocycles. The highest BCUT2D eigenvalue weighted by atomic mass is 32.2. The number of nitrogens with zero attached hydrogens (tertiary/aromatic N) is 1. The number of hydrogen-bond acceptors (Lipinski definition) is 5. The van der Waals surface area contributed by atoms with E-state index in [1.165, 1.54) is 0 Å². The minimum Gasteiger partial charge on any atom is -0.289 e. The molecule has 8 heteroatoms. The van der Waals surface area contributed by atoms with Crippen LogP contribution in [0.5, 0.6) is 0 Å². The van der Waals surface area contributed by atoms with Crippen LogP contribution in [0.2, 0.25) is 0 Å². The largest absolute Gasteiger partial charge is 0.289 e. The lowest BCUT2D eigenvalue weighted by Gasteiger charge is -2.11. The number of hydroxylamine groups is 1. The van der Waals surface area contributed by atoms with Crippen LogP contribution in [0.1, 0.15) is 24.1 Å². The number of aromatic nitrogens is 1. The molecule has 7 nitrogen and oxygen atoms in total. The molecule has 0 unspecified atom stereocenters.